The van der Waals surface area contributed by atoms with Crippen LogP contribution >= 0.6 is 24.8 Å². The van der Waals surface area contributed by atoms with E-state index in [1.807, 2.05) is 36.7 Å². The summed E-state index contributed by atoms with van der Waals surface area (Å²) in [5.41, 5.74) is 7.38. The summed E-state index contributed by atoms with van der Waals surface area (Å²) in [6, 6.07) is 34.0. The van der Waals surface area contributed by atoms with Gasteiger partial charge in [-0.3, -0.25) is 9.97 Å². The Morgan fingerprint density at radius 2 is 0.923 bits per heavy atom. The van der Waals surface area contributed by atoms with Crippen LogP contribution in [0.1, 0.15) is 50.7 Å². The van der Waals surface area contributed by atoms with Gasteiger partial charge >= 0.3 is 26.2 Å². The quantitative estimate of drug-likeness (QED) is 0.181. The van der Waals surface area contributed by atoms with Crippen LogP contribution < -0.4 is 0 Å². The maximum Gasteiger partial charge on any atom is 2.00 e. The monoisotopic (exact) mass is 630 g/mol. The molecule has 0 N–H and O–H groups in total. The summed E-state index contributed by atoms with van der Waals surface area (Å²) in [5.74, 6) is 1.10. The van der Waals surface area contributed by atoms with Gasteiger partial charge in [0.2, 0.25) is 0 Å². The molecule has 0 radical (unpaired) electrons. The van der Waals surface area contributed by atoms with Gasteiger partial charge in [0.05, 0.1) is 0 Å². The molecule has 0 aliphatic heterocycles. The minimum atomic E-state index is 0. The van der Waals surface area contributed by atoms with Gasteiger partial charge < -0.3 is 0 Å². The molecule has 4 aromatic carbocycles. The molecule has 0 spiro atoms. The third-order valence-electron chi connectivity index (χ3n) is 6.82. The van der Waals surface area contributed by atoms with E-state index in [0.29, 0.717) is 11.8 Å². The number of fused-ring (bicyclic) bond motifs is 2. The van der Waals surface area contributed by atoms with Gasteiger partial charge in [-0.05, 0) is 11.8 Å². The Labute approximate surface area is 263 Å². The number of halogens is 2. The topological polar surface area (TPSA) is 25.8 Å². The summed E-state index contributed by atoms with van der Waals surface area (Å²) < 4.78 is 0. The van der Waals surface area contributed by atoms with Crippen molar-refractivity contribution in [1.29, 1.82) is 0 Å². The van der Waals surface area contributed by atoms with Crippen molar-refractivity contribution in [3.05, 3.63) is 121 Å². The molecule has 5 heteroatoms. The molecule has 198 valence electrons. The van der Waals surface area contributed by atoms with Crippen molar-refractivity contribution in [1.82, 2.24) is 9.97 Å². The molecular weight excluding hydrogens is 599 g/mol. The number of benzene rings is 2. The van der Waals surface area contributed by atoms with Crippen molar-refractivity contribution in [2.45, 2.75) is 39.5 Å². The third-order valence-corrected chi connectivity index (χ3v) is 6.82. The van der Waals surface area contributed by atoms with Crippen LogP contribution in [0.25, 0.3) is 44.1 Å². The first-order valence-corrected chi connectivity index (χ1v) is 12.7. The molecule has 0 bridgehead atoms. The predicted octanol–water partition coefficient (Wildman–Crippen LogP) is 10.3. The summed E-state index contributed by atoms with van der Waals surface area (Å²) >= 11 is 0. The summed E-state index contributed by atoms with van der Waals surface area (Å²) in [6.45, 7) is 8.95. The maximum absolute atomic E-state index is 4.45. The number of hydrogen-bond acceptors (Lipinski definition) is 2. The molecule has 0 saturated heterocycles. The Balaban J connectivity index is 0.000000254. The second-order valence-corrected chi connectivity index (χ2v) is 9.85. The van der Waals surface area contributed by atoms with E-state index in [4.69, 9.17) is 0 Å². The van der Waals surface area contributed by atoms with E-state index >= 15 is 0 Å². The van der Waals surface area contributed by atoms with Crippen LogP contribution in [0.3, 0.4) is 0 Å². The van der Waals surface area contributed by atoms with Gasteiger partial charge in [-0.2, -0.15) is 0 Å². The van der Waals surface area contributed by atoms with E-state index in [0.717, 1.165) is 11.4 Å². The first kappa shape index (κ1) is 32.6. The van der Waals surface area contributed by atoms with E-state index in [-0.39, 0.29) is 51.0 Å². The van der Waals surface area contributed by atoms with Crippen LogP contribution in [-0.2, 0) is 26.2 Å². The molecule has 0 atom stereocenters. The first-order chi connectivity index (χ1) is 17.5. The molecule has 6 aromatic rings. The van der Waals surface area contributed by atoms with Crippen molar-refractivity contribution >= 4 is 46.4 Å². The molecular formula is C34H34Cl2N2Zr. The largest absolute Gasteiger partial charge is 2.00 e. The molecule has 0 fully saturated rings. The molecule has 2 aromatic heterocycles. The third kappa shape index (κ3) is 6.96. The van der Waals surface area contributed by atoms with Crippen molar-refractivity contribution in [2.75, 3.05) is 0 Å². The molecule has 0 unspecified atom stereocenters. The normalized spacial score (nSPS) is 10.4. The van der Waals surface area contributed by atoms with Crippen LogP contribution in [0.5, 0.6) is 0 Å². The standard InChI is InChI=1S/2C17H16N.2ClH.Zr/c2*1-12(2)13-6-5-7-14-15(13)9-10-16(14)17-8-3-4-11-18-17;;;/h2*3-12H,1-2H3;2*1H;/q2*-1;;;+2. The van der Waals surface area contributed by atoms with E-state index < -0.39 is 0 Å². The first-order valence-electron chi connectivity index (χ1n) is 12.7. The van der Waals surface area contributed by atoms with Gasteiger partial charge in [-0.25, -0.2) is 0 Å². The summed E-state index contributed by atoms with van der Waals surface area (Å²) in [6.07, 6.45) is 3.70. The van der Waals surface area contributed by atoms with Crippen molar-refractivity contribution < 1.29 is 26.2 Å². The van der Waals surface area contributed by atoms with E-state index in [1.165, 1.54) is 43.8 Å². The Hall–Kier alpha value is -2.58. The molecule has 2 nitrogen and oxygen atoms in total. The van der Waals surface area contributed by atoms with Gasteiger partial charge in [0.15, 0.2) is 0 Å². The van der Waals surface area contributed by atoms with E-state index in [2.05, 4.69) is 110 Å². The minimum absolute atomic E-state index is 0. The fourth-order valence-electron chi connectivity index (χ4n) is 5.02. The zero-order chi connectivity index (χ0) is 25.1. The van der Waals surface area contributed by atoms with Gasteiger partial charge in [-0.15, -0.1) is 82.8 Å². The Bertz CT molecular complexity index is 1460. The second kappa shape index (κ2) is 14.7. The number of rotatable bonds is 4. The van der Waals surface area contributed by atoms with Crippen molar-refractivity contribution in [3.8, 4) is 22.5 Å². The smallest absolute Gasteiger partial charge is 0.272 e. The number of pyridine rings is 2. The Morgan fingerprint density at radius 1 is 0.513 bits per heavy atom. The molecule has 6 rings (SSSR count). The fraction of sp³-hybridized carbons (Fsp3) is 0.176. The Kier molecular flexibility index (Phi) is 12.3. The summed E-state index contributed by atoms with van der Waals surface area (Å²) in [7, 11) is 0. The molecule has 2 heterocycles. The molecule has 0 aliphatic rings. The molecule has 0 saturated carbocycles. The zero-order valence-electron chi connectivity index (χ0n) is 22.8. The SMILES string of the molecule is CC(C)c1cccc2c1cc[c-]2-c1ccccn1.CC(C)c1cccc2c1cc[c-]2-c1ccccn1.Cl.Cl.[Zr+2]. The average Bonchev–Trinajstić information content (AvgIpc) is 3.54. The zero-order valence-corrected chi connectivity index (χ0v) is 26.8. The van der Waals surface area contributed by atoms with Crippen LogP contribution in [0.2, 0.25) is 0 Å². The van der Waals surface area contributed by atoms with Gasteiger partial charge in [0, 0.05) is 23.8 Å². The van der Waals surface area contributed by atoms with Crippen molar-refractivity contribution in [3.63, 3.8) is 0 Å². The maximum atomic E-state index is 4.45. The van der Waals surface area contributed by atoms with Crippen LogP contribution in [0.15, 0.2) is 109 Å². The minimum Gasteiger partial charge on any atom is -0.272 e. The van der Waals surface area contributed by atoms with Gasteiger partial charge in [-0.1, -0.05) is 111 Å². The van der Waals surface area contributed by atoms with Crippen LogP contribution in [-0.4, -0.2) is 9.97 Å². The molecule has 39 heavy (non-hydrogen) atoms. The van der Waals surface area contributed by atoms with Crippen LogP contribution in [0.4, 0.5) is 0 Å². The number of hydrogen-bond donors (Lipinski definition) is 0. The summed E-state index contributed by atoms with van der Waals surface area (Å²) in [5, 5.41) is 5.32. The van der Waals surface area contributed by atoms with Crippen LogP contribution in [0, 0.1) is 0 Å². The predicted molar refractivity (Wildman–Crippen MR) is 168 cm³/mol. The molecule has 0 aliphatic carbocycles. The summed E-state index contributed by atoms with van der Waals surface area (Å²) in [4.78, 5) is 8.89. The van der Waals surface area contributed by atoms with E-state index in [9.17, 15) is 0 Å². The van der Waals surface area contributed by atoms with Gasteiger partial charge in [0.1, 0.15) is 0 Å². The van der Waals surface area contributed by atoms with Gasteiger partial charge in [0.25, 0.3) is 0 Å². The fourth-order valence-corrected chi connectivity index (χ4v) is 5.02. The number of aromatic nitrogens is 2. The Morgan fingerprint density at radius 3 is 1.26 bits per heavy atom. The van der Waals surface area contributed by atoms with E-state index in [1.54, 1.807) is 0 Å². The van der Waals surface area contributed by atoms with Crippen molar-refractivity contribution in [2.24, 2.45) is 0 Å². The molecule has 0 amide bonds. The second-order valence-electron chi connectivity index (χ2n) is 9.85. The average molecular weight is 633 g/mol. The number of nitrogens with zero attached hydrogens (tertiary/aromatic N) is 2.